The Morgan fingerprint density at radius 3 is 2.55 bits per heavy atom. The molecule has 2 aliphatic heterocycles. The zero-order valence-electron chi connectivity index (χ0n) is 16.9. The van der Waals surface area contributed by atoms with Gasteiger partial charge in [0.15, 0.2) is 5.79 Å². The minimum absolute atomic E-state index is 0.0291. The third-order valence-corrected chi connectivity index (χ3v) is 6.54. The van der Waals surface area contributed by atoms with Gasteiger partial charge in [0.25, 0.3) is 11.6 Å². The van der Waals surface area contributed by atoms with Crippen molar-refractivity contribution in [2.45, 2.75) is 57.3 Å². The lowest BCUT2D eigenvalue weighted by Crippen LogP contribution is -2.45. The van der Waals surface area contributed by atoms with Crippen LogP contribution < -0.4 is 10.2 Å². The van der Waals surface area contributed by atoms with Gasteiger partial charge in [-0.3, -0.25) is 14.9 Å². The molecule has 1 N–H and O–H groups in total. The number of nitro groups is 1. The van der Waals surface area contributed by atoms with E-state index in [1.165, 1.54) is 12.5 Å². The summed E-state index contributed by atoms with van der Waals surface area (Å²) in [6, 6.07) is 4.94. The maximum Gasteiger partial charge on any atom is 0.293 e. The van der Waals surface area contributed by atoms with E-state index in [-0.39, 0.29) is 17.6 Å². The van der Waals surface area contributed by atoms with Crippen LogP contribution in [-0.4, -0.2) is 49.0 Å². The number of piperidine rings is 1. The van der Waals surface area contributed by atoms with E-state index in [0.29, 0.717) is 56.3 Å². The molecule has 1 spiro atoms. The van der Waals surface area contributed by atoms with E-state index in [2.05, 4.69) is 12.2 Å². The van der Waals surface area contributed by atoms with Gasteiger partial charge >= 0.3 is 0 Å². The van der Waals surface area contributed by atoms with Crippen LogP contribution in [0.2, 0.25) is 0 Å². The molecule has 29 heavy (non-hydrogen) atoms. The zero-order chi connectivity index (χ0) is 20.4. The van der Waals surface area contributed by atoms with Crippen LogP contribution in [0.1, 0.15) is 55.8 Å². The SMILES string of the molecule is CC1CCCCC1NC(=O)c1ccc(N2CCC3(CC2)OCCO3)c([N+](=O)[O-])c1. The fourth-order valence-electron chi connectivity index (χ4n) is 4.73. The summed E-state index contributed by atoms with van der Waals surface area (Å²) in [5.74, 6) is -0.326. The van der Waals surface area contributed by atoms with Gasteiger partial charge in [0.2, 0.25) is 0 Å². The number of rotatable bonds is 4. The molecule has 2 heterocycles. The fraction of sp³-hybridized carbons (Fsp3) is 0.667. The zero-order valence-corrected chi connectivity index (χ0v) is 16.9. The number of nitrogens with one attached hydrogen (secondary N) is 1. The summed E-state index contributed by atoms with van der Waals surface area (Å²) in [7, 11) is 0. The van der Waals surface area contributed by atoms with E-state index in [1.807, 2.05) is 4.90 Å². The Hall–Kier alpha value is -2.19. The third-order valence-electron chi connectivity index (χ3n) is 6.54. The summed E-state index contributed by atoms with van der Waals surface area (Å²) in [6.45, 7) is 4.58. The number of carbonyl (C=O) groups is 1. The minimum Gasteiger partial charge on any atom is -0.366 e. The Labute approximate surface area is 170 Å². The Morgan fingerprint density at radius 2 is 1.90 bits per heavy atom. The smallest absolute Gasteiger partial charge is 0.293 e. The molecule has 4 rings (SSSR count). The summed E-state index contributed by atoms with van der Waals surface area (Å²) >= 11 is 0. The highest BCUT2D eigenvalue weighted by atomic mass is 16.7. The van der Waals surface area contributed by atoms with Crippen molar-refractivity contribution in [2.24, 2.45) is 5.92 Å². The first-order valence-electron chi connectivity index (χ1n) is 10.6. The second kappa shape index (κ2) is 8.28. The van der Waals surface area contributed by atoms with Crippen molar-refractivity contribution < 1.29 is 19.2 Å². The molecule has 1 aromatic carbocycles. The molecule has 3 aliphatic rings. The molecule has 1 amide bonds. The maximum atomic E-state index is 12.7. The molecule has 8 heteroatoms. The first kappa shape index (κ1) is 20.1. The van der Waals surface area contributed by atoms with E-state index >= 15 is 0 Å². The van der Waals surface area contributed by atoms with Gasteiger partial charge in [-0.25, -0.2) is 0 Å². The Morgan fingerprint density at radius 1 is 1.21 bits per heavy atom. The molecule has 0 aromatic heterocycles. The topological polar surface area (TPSA) is 93.9 Å². The van der Waals surface area contributed by atoms with E-state index in [0.717, 1.165) is 19.3 Å². The molecule has 1 aliphatic carbocycles. The molecule has 8 nitrogen and oxygen atoms in total. The molecule has 3 fully saturated rings. The standard InChI is InChI=1S/C21H29N3O5/c1-15-4-2-3-5-17(15)22-20(25)16-6-7-18(19(14-16)24(26)27)23-10-8-21(9-11-23)28-12-13-29-21/h6-7,14-15,17H,2-5,8-13H2,1H3,(H,22,25). The van der Waals surface area contributed by atoms with Crippen molar-refractivity contribution in [2.75, 3.05) is 31.2 Å². The number of ether oxygens (including phenoxy) is 2. The normalized spacial score (nSPS) is 26.4. The molecule has 2 saturated heterocycles. The molecule has 2 atom stereocenters. The average Bonchev–Trinajstić information content (AvgIpc) is 3.18. The summed E-state index contributed by atoms with van der Waals surface area (Å²) in [5, 5.41) is 14.8. The molecule has 0 radical (unpaired) electrons. The molecule has 1 saturated carbocycles. The Kier molecular flexibility index (Phi) is 5.74. The van der Waals surface area contributed by atoms with Crippen LogP contribution in [-0.2, 0) is 9.47 Å². The van der Waals surface area contributed by atoms with E-state index in [9.17, 15) is 14.9 Å². The largest absolute Gasteiger partial charge is 0.366 e. The molecular weight excluding hydrogens is 374 g/mol. The van der Waals surface area contributed by atoms with Gasteiger partial charge in [0.1, 0.15) is 5.69 Å². The lowest BCUT2D eigenvalue weighted by atomic mass is 9.86. The van der Waals surface area contributed by atoms with Crippen molar-refractivity contribution in [1.82, 2.24) is 5.32 Å². The number of nitro benzene ring substituents is 1. The van der Waals surface area contributed by atoms with Gasteiger partial charge in [-0.1, -0.05) is 19.8 Å². The summed E-state index contributed by atoms with van der Waals surface area (Å²) in [5.41, 5.74) is 0.859. The highest BCUT2D eigenvalue weighted by Crippen LogP contribution is 2.37. The molecule has 1 aromatic rings. The van der Waals surface area contributed by atoms with Crippen molar-refractivity contribution in [3.63, 3.8) is 0 Å². The van der Waals surface area contributed by atoms with Crippen LogP contribution in [0.4, 0.5) is 11.4 Å². The number of hydrogen-bond acceptors (Lipinski definition) is 6. The highest BCUT2D eigenvalue weighted by molar-refractivity contribution is 5.96. The lowest BCUT2D eigenvalue weighted by Gasteiger charge is -2.38. The van der Waals surface area contributed by atoms with Crippen LogP contribution in [0.3, 0.4) is 0 Å². The lowest BCUT2D eigenvalue weighted by molar-refractivity contribution is -0.384. The molecule has 158 valence electrons. The van der Waals surface area contributed by atoms with Crippen LogP contribution in [0, 0.1) is 16.0 Å². The number of anilines is 1. The predicted molar refractivity (Wildman–Crippen MR) is 108 cm³/mol. The second-order valence-electron chi connectivity index (χ2n) is 8.40. The minimum atomic E-state index is -0.526. The quantitative estimate of drug-likeness (QED) is 0.613. The van der Waals surface area contributed by atoms with Gasteiger partial charge < -0.3 is 19.7 Å². The average molecular weight is 403 g/mol. The predicted octanol–water partition coefficient (Wildman–Crippen LogP) is 3.25. The monoisotopic (exact) mass is 403 g/mol. The summed E-state index contributed by atoms with van der Waals surface area (Å²) < 4.78 is 11.5. The van der Waals surface area contributed by atoms with E-state index in [1.54, 1.807) is 12.1 Å². The van der Waals surface area contributed by atoms with Crippen LogP contribution in [0.25, 0.3) is 0 Å². The Balaban J connectivity index is 1.48. The van der Waals surface area contributed by atoms with Gasteiger partial charge in [-0.15, -0.1) is 0 Å². The van der Waals surface area contributed by atoms with Crippen molar-refractivity contribution >= 4 is 17.3 Å². The van der Waals surface area contributed by atoms with Crippen LogP contribution in [0.5, 0.6) is 0 Å². The van der Waals surface area contributed by atoms with Crippen LogP contribution >= 0.6 is 0 Å². The highest BCUT2D eigenvalue weighted by Gasteiger charge is 2.40. The van der Waals surface area contributed by atoms with Gasteiger partial charge in [-0.2, -0.15) is 0 Å². The van der Waals surface area contributed by atoms with E-state index < -0.39 is 10.7 Å². The number of amides is 1. The second-order valence-corrected chi connectivity index (χ2v) is 8.40. The number of hydrogen-bond donors (Lipinski definition) is 1. The van der Waals surface area contributed by atoms with Crippen molar-refractivity contribution in [1.29, 1.82) is 0 Å². The number of nitrogens with zero attached hydrogens (tertiary/aromatic N) is 2. The van der Waals surface area contributed by atoms with Crippen LogP contribution in [0.15, 0.2) is 18.2 Å². The Bertz CT molecular complexity index is 768. The first-order valence-corrected chi connectivity index (χ1v) is 10.6. The third kappa shape index (κ3) is 4.23. The summed E-state index contributed by atoms with van der Waals surface area (Å²) in [6.07, 6.45) is 5.72. The molecule has 0 bridgehead atoms. The van der Waals surface area contributed by atoms with Crippen molar-refractivity contribution in [3.8, 4) is 0 Å². The fourth-order valence-corrected chi connectivity index (χ4v) is 4.73. The molecule has 2 unspecified atom stereocenters. The number of carbonyl (C=O) groups excluding carboxylic acids is 1. The van der Waals surface area contributed by atoms with Gasteiger partial charge in [0.05, 0.1) is 18.1 Å². The van der Waals surface area contributed by atoms with E-state index in [4.69, 9.17) is 9.47 Å². The number of benzene rings is 1. The van der Waals surface area contributed by atoms with Gasteiger partial charge in [0, 0.05) is 43.6 Å². The van der Waals surface area contributed by atoms with Crippen molar-refractivity contribution in [3.05, 3.63) is 33.9 Å². The maximum absolute atomic E-state index is 12.7. The van der Waals surface area contributed by atoms with Gasteiger partial charge in [-0.05, 0) is 30.9 Å². The molecular formula is C21H29N3O5. The summed E-state index contributed by atoms with van der Waals surface area (Å²) in [4.78, 5) is 26.0. The first-order chi connectivity index (χ1) is 14.0.